The van der Waals surface area contributed by atoms with Gasteiger partial charge in [0, 0.05) is 18.0 Å². The molecule has 4 nitrogen and oxygen atoms in total. The van der Waals surface area contributed by atoms with Crippen molar-refractivity contribution in [3.05, 3.63) is 29.8 Å². The summed E-state index contributed by atoms with van der Waals surface area (Å²) in [5, 5.41) is 11.5. The summed E-state index contributed by atoms with van der Waals surface area (Å²) in [6.07, 6.45) is 0. The molecule has 0 spiro atoms. The van der Waals surface area contributed by atoms with E-state index in [4.69, 9.17) is 5.26 Å². The van der Waals surface area contributed by atoms with Gasteiger partial charge in [0.1, 0.15) is 0 Å². The van der Waals surface area contributed by atoms with E-state index in [1.54, 1.807) is 36.0 Å². The van der Waals surface area contributed by atoms with Gasteiger partial charge < -0.3 is 10.2 Å². The molecule has 0 bridgehead atoms. The predicted molar refractivity (Wildman–Crippen MR) is 84.9 cm³/mol. The molecule has 0 saturated carbocycles. The Labute approximate surface area is 125 Å². The van der Waals surface area contributed by atoms with E-state index < -0.39 is 0 Å². The Hall–Kier alpha value is -1.51. The SMILES string of the molecule is CCN(CC)CCSCC(=O)Nc1ccc(C#N)cc1. The molecule has 5 heteroatoms. The van der Waals surface area contributed by atoms with Crippen molar-refractivity contribution < 1.29 is 4.79 Å². The van der Waals surface area contributed by atoms with Crippen LogP contribution in [0.3, 0.4) is 0 Å². The Balaban J connectivity index is 2.24. The number of carbonyl (C=O) groups excluding carboxylic acids is 1. The van der Waals surface area contributed by atoms with Crippen LogP contribution in [0.5, 0.6) is 0 Å². The highest BCUT2D eigenvalue weighted by Gasteiger charge is 2.04. The Morgan fingerprint density at radius 3 is 2.50 bits per heavy atom. The van der Waals surface area contributed by atoms with Gasteiger partial charge in [0.15, 0.2) is 0 Å². The maximum Gasteiger partial charge on any atom is 0.234 e. The highest BCUT2D eigenvalue weighted by Crippen LogP contribution is 2.10. The number of nitriles is 1. The summed E-state index contributed by atoms with van der Waals surface area (Å²) in [4.78, 5) is 14.1. The molecular formula is C15H21N3OS. The summed E-state index contributed by atoms with van der Waals surface area (Å²) in [6.45, 7) is 7.41. The number of amides is 1. The highest BCUT2D eigenvalue weighted by atomic mass is 32.2. The average molecular weight is 291 g/mol. The third-order valence-corrected chi connectivity index (χ3v) is 3.91. The molecule has 1 amide bonds. The van der Waals surface area contributed by atoms with Gasteiger partial charge >= 0.3 is 0 Å². The lowest BCUT2D eigenvalue weighted by Crippen LogP contribution is -2.26. The van der Waals surface area contributed by atoms with Crippen LogP contribution in [0.15, 0.2) is 24.3 Å². The second-order valence-electron chi connectivity index (χ2n) is 4.32. The zero-order valence-corrected chi connectivity index (χ0v) is 12.9. The van der Waals surface area contributed by atoms with Gasteiger partial charge in [-0.2, -0.15) is 17.0 Å². The van der Waals surface area contributed by atoms with E-state index in [0.29, 0.717) is 11.3 Å². The number of anilines is 1. The third kappa shape index (κ3) is 6.09. The highest BCUT2D eigenvalue weighted by molar-refractivity contribution is 7.99. The van der Waals surface area contributed by atoms with Crippen LogP contribution >= 0.6 is 11.8 Å². The number of rotatable bonds is 8. The van der Waals surface area contributed by atoms with Crippen LogP contribution in [0, 0.1) is 11.3 Å². The maximum absolute atomic E-state index is 11.7. The zero-order valence-electron chi connectivity index (χ0n) is 12.1. The molecule has 1 aromatic rings. The summed E-state index contributed by atoms with van der Waals surface area (Å²) in [5.41, 5.74) is 1.33. The fourth-order valence-corrected chi connectivity index (χ4v) is 2.51. The fraction of sp³-hybridized carbons (Fsp3) is 0.467. The smallest absolute Gasteiger partial charge is 0.234 e. The molecule has 1 rings (SSSR count). The lowest BCUT2D eigenvalue weighted by atomic mass is 10.2. The number of thioether (sulfide) groups is 1. The van der Waals surface area contributed by atoms with Gasteiger partial charge in [-0.25, -0.2) is 0 Å². The van der Waals surface area contributed by atoms with Gasteiger partial charge in [0.25, 0.3) is 0 Å². The van der Waals surface area contributed by atoms with Crippen LogP contribution in [0.4, 0.5) is 5.69 Å². The van der Waals surface area contributed by atoms with Crippen molar-refractivity contribution in [3.8, 4) is 6.07 Å². The first-order valence-electron chi connectivity index (χ1n) is 6.79. The van der Waals surface area contributed by atoms with E-state index in [1.165, 1.54) is 0 Å². The maximum atomic E-state index is 11.7. The van der Waals surface area contributed by atoms with E-state index >= 15 is 0 Å². The number of nitrogens with zero attached hydrogens (tertiary/aromatic N) is 2. The Kier molecular flexibility index (Phi) is 7.78. The second kappa shape index (κ2) is 9.40. The number of carbonyl (C=O) groups is 1. The topological polar surface area (TPSA) is 56.1 Å². The molecule has 0 aromatic heterocycles. The number of benzene rings is 1. The Morgan fingerprint density at radius 1 is 1.30 bits per heavy atom. The molecule has 1 N–H and O–H groups in total. The summed E-state index contributed by atoms with van der Waals surface area (Å²) < 4.78 is 0. The van der Waals surface area contributed by atoms with Crippen molar-refractivity contribution in [3.63, 3.8) is 0 Å². The molecule has 0 aliphatic carbocycles. The normalized spacial score (nSPS) is 10.3. The molecule has 0 aliphatic rings. The summed E-state index contributed by atoms with van der Waals surface area (Å²) in [7, 11) is 0. The molecular weight excluding hydrogens is 270 g/mol. The lowest BCUT2D eigenvalue weighted by Gasteiger charge is -2.17. The molecule has 108 valence electrons. The number of nitrogens with one attached hydrogen (secondary N) is 1. The third-order valence-electron chi connectivity index (χ3n) is 2.98. The predicted octanol–water partition coefficient (Wildman–Crippen LogP) is 2.57. The number of hydrogen-bond acceptors (Lipinski definition) is 4. The van der Waals surface area contributed by atoms with Gasteiger partial charge in [-0.3, -0.25) is 4.79 Å². The standard InChI is InChI=1S/C15H21N3OS/c1-3-18(4-2)9-10-20-12-15(19)17-14-7-5-13(11-16)6-8-14/h5-8H,3-4,9-10,12H2,1-2H3,(H,17,19). The molecule has 0 aliphatic heterocycles. The largest absolute Gasteiger partial charge is 0.325 e. The quantitative estimate of drug-likeness (QED) is 0.748. The van der Waals surface area contributed by atoms with Crippen molar-refractivity contribution in [1.29, 1.82) is 5.26 Å². The minimum Gasteiger partial charge on any atom is -0.325 e. The second-order valence-corrected chi connectivity index (χ2v) is 5.42. The first-order valence-corrected chi connectivity index (χ1v) is 7.95. The molecule has 1 aromatic carbocycles. The van der Waals surface area contributed by atoms with Crippen molar-refractivity contribution in [2.75, 3.05) is 36.5 Å². The van der Waals surface area contributed by atoms with E-state index in [2.05, 4.69) is 24.1 Å². The van der Waals surface area contributed by atoms with Crippen molar-refractivity contribution in [2.24, 2.45) is 0 Å². The van der Waals surface area contributed by atoms with Gasteiger partial charge in [0.05, 0.1) is 17.4 Å². The van der Waals surface area contributed by atoms with E-state index in [-0.39, 0.29) is 5.91 Å². The van der Waals surface area contributed by atoms with E-state index in [9.17, 15) is 4.79 Å². The average Bonchev–Trinajstić information content (AvgIpc) is 2.48. The van der Waals surface area contributed by atoms with Crippen molar-refractivity contribution in [2.45, 2.75) is 13.8 Å². The number of hydrogen-bond donors (Lipinski definition) is 1. The minimum atomic E-state index is -0.000690. The van der Waals surface area contributed by atoms with E-state index in [0.717, 1.165) is 31.1 Å². The zero-order chi connectivity index (χ0) is 14.8. The van der Waals surface area contributed by atoms with Gasteiger partial charge in [-0.05, 0) is 37.4 Å². The van der Waals surface area contributed by atoms with Crippen LogP contribution in [-0.2, 0) is 4.79 Å². The molecule has 0 fully saturated rings. The van der Waals surface area contributed by atoms with Gasteiger partial charge in [-0.1, -0.05) is 13.8 Å². The summed E-state index contributed by atoms with van der Waals surface area (Å²) in [5.74, 6) is 1.42. The van der Waals surface area contributed by atoms with Crippen LogP contribution in [0.1, 0.15) is 19.4 Å². The molecule has 0 saturated heterocycles. The van der Waals surface area contributed by atoms with Gasteiger partial charge in [0.2, 0.25) is 5.91 Å². The van der Waals surface area contributed by atoms with Gasteiger partial charge in [-0.15, -0.1) is 0 Å². The minimum absolute atomic E-state index is 0.000690. The first kappa shape index (κ1) is 16.5. The summed E-state index contributed by atoms with van der Waals surface area (Å²) >= 11 is 1.64. The fourth-order valence-electron chi connectivity index (χ4n) is 1.72. The van der Waals surface area contributed by atoms with Crippen LogP contribution in [0.2, 0.25) is 0 Å². The lowest BCUT2D eigenvalue weighted by molar-refractivity contribution is -0.113. The van der Waals surface area contributed by atoms with Crippen LogP contribution < -0.4 is 5.32 Å². The van der Waals surface area contributed by atoms with Crippen molar-refractivity contribution in [1.82, 2.24) is 4.90 Å². The van der Waals surface area contributed by atoms with E-state index in [1.807, 2.05) is 6.07 Å². The molecule has 0 unspecified atom stereocenters. The molecule has 0 atom stereocenters. The summed E-state index contributed by atoms with van der Waals surface area (Å²) in [6, 6.07) is 8.94. The Morgan fingerprint density at radius 2 is 1.95 bits per heavy atom. The molecule has 0 radical (unpaired) electrons. The molecule has 20 heavy (non-hydrogen) atoms. The molecule has 0 heterocycles. The monoisotopic (exact) mass is 291 g/mol. The van der Waals surface area contributed by atoms with Crippen molar-refractivity contribution >= 4 is 23.4 Å². The van der Waals surface area contributed by atoms with Crippen LogP contribution in [0.25, 0.3) is 0 Å². The Bertz CT molecular complexity index is 449. The van der Waals surface area contributed by atoms with Crippen LogP contribution in [-0.4, -0.2) is 41.9 Å². The first-order chi connectivity index (χ1) is 9.69.